The minimum Gasteiger partial charge on any atom is -0.129 e. The molecule has 0 saturated carbocycles. The largest absolute Gasteiger partial charge is 0.129 e. The Morgan fingerprint density at radius 2 is 0.972 bits per heavy atom. The highest BCUT2D eigenvalue weighted by atomic mass is 32.4. The predicted octanol–water partition coefficient (Wildman–Crippen LogP) is 8.14. The van der Waals surface area contributed by atoms with E-state index in [0.29, 0.717) is 0 Å². The summed E-state index contributed by atoms with van der Waals surface area (Å²) in [6.45, 7) is 0. The quantitative estimate of drug-likeness (QED) is 0.168. The third-order valence-corrected chi connectivity index (χ3v) is 12.6. The summed E-state index contributed by atoms with van der Waals surface area (Å²) in [4.78, 5) is 1.27. The topological polar surface area (TPSA) is 0 Å². The fourth-order valence-corrected chi connectivity index (χ4v) is 9.84. The van der Waals surface area contributed by atoms with Crippen LogP contribution in [0.1, 0.15) is 0 Å². The van der Waals surface area contributed by atoms with Gasteiger partial charge in [0, 0.05) is 27.4 Å². The van der Waals surface area contributed by atoms with Crippen LogP contribution < -0.4 is 15.9 Å². The van der Waals surface area contributed by atoms with Crippen LogP contribution in [-0.2, 0) is 11.8 Å². The van der Waals surface area contributed by atoms with E-state index >= 15 is 0 Å². The van der Waals surface area contributed by atoms with Crippen molar-refractivity contribution in [3.63, 3.8) is 0 Å². The minimum absolute atomic E-state index is 1.22. The molecule has 0 amide bonds. The molecule has 0 fully saturated rings. The molecular formula is C33H25PS2. The van der Waals surface area contributed by atoms with Gasteiger partial charge < -0.3 is 0 Å². The van der Waals surface area contributed by atoms with Gasteiger partial charge in [0.2, 0.25) is 0 Å². The standard InChI is InChI=1S/C33H25PS2/c1-36-31-23-21-25-13-9-11-19-29(25)33(31)32-28-18-10-8-12-24(28)20-22-30(32)34(35,26-14-4-2-5-15-26)27-16-6-3-7-17-27/h2-23H,1H3. The summed E-state index contributed by atoms with van der Waals surface area (Å²) >= 11 is 8.66. The highest BCUT2D eigenvalue weighted by Gasteiger charge is 2.30. The van der Waals surface area contributed by atoms with Crippen LogP contribution in [0.4, 0.5) is 0 Å². The van der Waals surface area contributed by atoms with E-state index in [2.05, 4.69) is 140 Å². The zero-order chi connectivity index (χ0) is 24.5. The number of hydrogen-bond donors (Lipinski definition) is 0. The van der Waals surface area contributed by atoms with Gasteiger partial charge in [-0.3, -0.25) is 0 Å². The molecule has 0 spiro atoms. The average molecular weight is 517 g/mol. The van der Waals surface area contributed by atoms with Crippen LogP contribution in [0.25, 0.3) is 32.7 Å². The maximum Gasteiger partial charge on any atom is 0.0385 e. The first kappa shape index (κ1) is 23.3. The molecule has 0 aromatic heterocycles. The molecule has 0 aliphatic rings. The van der Waals surface area contributed by atoms with E-state index in [1.54, 1.807) is 11.8 Å². The lowest BCUT2D eigenvalue weighted by Crippen LogP contribution is -2.26. The monoisotopic (exact) mass is 516 g/mol. The summed E-state index contributed by atoms with van der Waals surface area (Å²) in [6.07, 6.45) is 2.17. The highest BCUT2D eigenvalue weighted by Crippen LogP contribution is 2.49. The summed E-state index contributed by atoms with van der Waals surface area (Å²) in [5.41, 5.74) is 2.55. The molecule has 6 aromatic carbocycles. The fraction of sp³-hybridized carbons (Fsp3) is 0.0303. The van der Waals surface area contributed by atoms with E-state index in [1.165, 1.54) is 53.5 Å². The molecule has 0 heterocycles. The second-order valence-electron chi connectivity index (χ2n) is 8.83. The van der Waals surface area contributed by atoms with Gasteiger partial charge in [-0.25, -0.2) is 0 Å². The SMILES string of the molecule is CSc1ccc2ccccc2c1-c1c(P(=S)(c2ccccc2)c2ccccc2)ccc2ccccc12. The summed E-state index contributed by atoms with van der Waals surface area (Å²) in [6, 6.07) is 45.6. The Balaban J connectivity index is 1.82. The fourth-order valence-electron chi connectivity index (χ4n) is 5.17. The molecular weight excluding hydrogens is 491 g/mol. The Kier molecular flexibility index (Phi) is 6.27. The molecule has 0 aliphatic heterocycles. The zero-order valence-electron chi connectivity index (χ0n) is 20.0. The van der Waals surface area contributed by atoms with Crippen LogP contribution in [0, 0.1) is 0 Å². The number of hydrogen-bond acceptors (Lipinski definition) is 2. The number of rotatable bonds is 5. The molecule has 0 atom stereocenters. The summed E-state index contributed by atoms with van der Waals surface area (Å²) in [7, 11) is 0. The summed E-state index contributed by atoms with van der Waals surface area (Å²) in [5.74, 6) is 0. The Hall–Kier alpha value is -3.16. The van der Waals surface area contributed by atoms with Crippen molar-refractivity contribution in [2.75, 3.05) is 6.26 Å². The molecule has 0 unspecified atom stereocenters. The van der Waals surface area contributed by atoms with Crippen molar-refractivity contribution < 1.29 is 0 Å². The lowest BCUT2D eigenvalue weighted by molar-refractivity contribution is 1.51. The van der Waals surface area contributed by atoms with Crippen LogP contribution in [0.5, 0.6) is 0 Å². The first-order valence-electron chi connectivity index (χ1n) is 12.0. The van der Waals surface area contributed by atoms with Crippen molar-refractivity contribution in [1.82, 2.24) is 0 Å². The lowest BCUT2D eigenvalue weighted by atomic mass is 9.94. The molecule has 0 nitrogen and oxygen atoms in total. The predicted molar refractivity (Wildman–Crippen MR) is 165 cm³/mol. The van der Waals surface area contributed by atoms with Crippen LogP contribution in [0.3, 0.4) is 0 Å². The van der Waals surface area contributed by atoms with Gasteiger partial charge in [-0.05, 0) is 44.5 Å². The van der Waals surface area contributed by atoms with Crippen LogP contribution in [0.15, 0.2) is 138 Å². The molecule has 3 heteroatoms. The van der Waals surface area contributed by atoms with Crippen LogP contribution in [0.2, 0.25) is 0 Å². The van der Waals surface area contributed by atoms with E-state index in [1.807, 2.05) is 0 Å². The Bertz CT molecular complexity index is 1700. The van der Waals surface area contributed by atoms with Gasteiger partial charge in [-0.2, -0.15) is 0 Å². The number of benzene rings is 6. The van der Waals surface area contributed by atoms with E-state index in [0.717, 1.165) is 0 Å². The van der Waals surface area contributed by atoms with E-state index in [4.69, 9.17) is 11.8 Å². The lowest BCUT2D eigenvalue weighted by Gasteiger charge is -2.28. The maximum atomic E-state index is 6.86. The molecule has 0 bridgehead atoms. The molecule has 0 N–H and O–H groups in total. The van der Waals surface area contributed by atoms with Gasteiger partial charge in [0.1, 0.15) is 0 Å². The average Bonchev–Trinajstić information content (AvgIpc) is 2.96. The first-order chi connectivity index (χ1) is 17.7. The molecule has 0 aliphatic carbocycles. The summed E-state index contributed by atoms with van der Waals surface area (Å²) < 4.78 is 0. The van der Waals surface area contributed by atoms with Crippen LogP contribution in [-0.4, -0.2) is 6.26 Å². The van der Waals surface area contributed by atoms with Crippen molar-refractivity contribution in [1.29, 1.82) is 0 Å². The van der Waals surface area contributed by atoms with Crippen molar-refractivity contribution in [3.05, 3.63) is 133 Å². The third kappa shape index (κ3) is 3.82. The smallest absolute Gasteiger partial charge is 0.0385 e. The molecule has 6 rings (SSSR count). The van der Waals surface area contributed by atoms with Gasteiger partial charge in [0.05, 0.1) is 0 Å². The van der Waals surface area contributed by atoms with Gasteiger partial charge in [0.25, 0.3) is 0 Å². The van der Waals surface area contributed by atoms with Gasteiger partial charge >= 0.3 is 0 Å². The second-order valence-corrected chi connectivity index (χ2v) is 14.0. The third-order valence-electron chi connectivity index (χ3n) is 6.85. The van der Waals surface area contributed by atoms with Crippen molar-refractivity contribution in [2.24, 2.45) is 0 Å². The van der Waals surface area contributed by atoms with Crippen molar-refractivity contribution in [3.8, 4) is 11.1 Å². The van der Waals surface area contributed by atoms with Crippen molar-refractivity contribution in [2.45, 2.75) is 4.90 Å². The first-order valence-corrected chi connectivity index (χ1v) is 16.0. The molecule has 0 saturated heterocycles. The molecule has 0 radical (unpaired) electrons. The Labute approximate surface area is 222 Å². The van der Waals surface area contributed by atoms with E-state index in [-0.39, 0.29) is 0 Å². The molecule has 174 valence electrons. The Morgan fingerprint density at radius 1 is 0.500 bits per heavy atom. The molecule has 36 heavy (non-hydrogen) atoms. The number of fused-ring (bicyclic) bond motifs is 2. The van der Waals surface area contributed by atoms with Gasteiger partial charge in [0.15, 0.2) is 0 Å². The zero-order valence-corrected chi connectivity index (χ0v) is 22.5. The highest BCUT2D eigenvalue weighted by molar-refractivity contribution is 8.25. The maximum absolute atomic E-state index is 6.86. The normalized spacial score (nSPS) is 11.7. The van der Waals surface area contributed by atoms with Crippen molar-refractivity contribution >= 4 is 67.1 Å². The van der Waals surface area contributed by atoms with Crippen LogP contribution >= 0.6 is 17.8 Å². The molecule has 6 aromatic rings. The second kappa shape index (κ2) is 9.71. The van der Waals surface area contributed by atoms with E-state index < -0.39 is 6.04 Å². The van der Waals surface area contributed by atoms with Gasteiger partial charge in [-0.1, -0.05) is 139 Å². The van der Waals surface area contributed by atoms with Gasteiger partial charge in [-0.15, -0.1) is 11.8 Å². The number of thioether (sulfide) groups is 1. The minimum atomic E-state index is -2.37. The Morgan fingerprint density at radius 3 is 1.53 bits per heavy atom. The summed E-state index contributed by atoms with van der Waals surface area (Å²) in [5, 5.41) is 8.69. The van der Waals surface area contributed by atoms with E-state index in [9.17, 15) is 0 Å².